The van der Waals surface area contributed by atoms with Crippen LogP contribution in [-0.4, -0.2) is 37.9 Å². The Kier molecular flexibility index (Phi) is 5.72. The van der Waals surface area contributed by atoms with Crippen LogP contribution >= 0.6 is 47.8 Å². The molecule has 0 radical (unpaired) electrons. The number of methoxy groups -OCH3 is 1. The first-order valence-electron chi connectivity index (χ1n) is 6.07. The Morgan fingerprint density at radius 3 is 2.68 bits per heavy atom. The van der Waals surface area contributed by atoms with Gasteiger partial charge in [-0.2, -0.15) is 0 Å². The van der Waals surface area contributed by atoms with Gasteiger partial charge in [0.25, 0.3) is 0 Å². The molecular formula is C13H16Br3NO2. The highest BCUT2D eigenvalue weighted by Crippen LogP contribution is 2.40. The highest BCUT2D eigenvalue weighted by molar-refractivity contribution is 9.11. The fourth-order valence-corrected chi connectivity index (χ4v) is 5.00. The third kappa shape index (κ3) is 3.73. The van der Waals surface area contributed by atoms with Crippen LogP contribution in [0.15, 0.2) is 19.5 Å². The summed E-state index contributed by atoms with van der Waals surface area (Å²) in [5, 5.41) is 0. The molecular weight excluding hydrogens is 442 g/mol. The third-order valence-electron chi connectivity index (χ3n) is 3.16. The van der Waals surface area contributed by atoms with Gasteiger partial charge in [-0.3, -0.25) is 4.90 Å². The fraction of sp³-hybridized carbons (Fsp3) is 0.538. The van der Waals surface area contributed by atoms with Gasteiger partial charge in [0.2, 0.25) is 0 Å². The van der Waals surface area contributed by atoms with Gasteiger partial charge in [-0.05, 0) is 56.8 Å². The second kappa shape index (κ2) is 6.89. The molecule has 1 atom stereocenters. The number of ether oxygens (including phenoxy) is 2. The highest BCUT2D eigenvalue weighted by Gasteiger charge is 2.20. The fourth-order valence-electron chi connectivity index (χ4n) is 2.15. The van der Waals surface area contributed by atoms with Gasteiger partial charge >= 0.3 is 0 Å². The summed E-state index contributed by atoms with van der Waals surface area (Å²) in [7, 11) is 1.68. The van der Waals surface area contributed by atoms with E-state index in [9.17, 15) is 0 Å². The molecule has 3 nitrogen and oxygen atoms in total. The number of nitrogens with zero attached hydrogens (tertiary/aromatic N) is 1. The van der Waals surface area contributed by atoms with E-state index in [4.69, 9.17) is 9.47 Å². The molecule has 0 N–H and O–H groups in total. The Morgan fingerprint density at radius 1 is 1.37 bits per heavy atom. The molecule has 1 aromatic carbocycles. The van der Waals surface area contributed by atoms with Crippen molar-refractivity contribution in [1.29, 1.82) is 0 Å². The zero-order valence-electron chi connectivity index (χ0n) is 10.9. The number of hydrogen-bond acceptors (Lipinski definition) is 3. The van der Waals surface area contributed by atoms with Crippen molar-refractivity contribution in [3.05, 3.63) is 25.0 Å². The van der Waals surface area contributed by atoms with E-state index in [2.05, 4.69) is 59.6 Å². The predicted octanol–water partition coefficient (Wildman–Crippen LogP) is 4.20. The van der Waals surface area contributed by atoms with Gasteiger partial charge in [0.05, 0.1) is 28.9 Å². The van der Waals surface area contributed by atoms with Crippen LogP contribution in [0.25, 0.3) is 0 Å². The molecule has 1 aromatic rings. The van der Waals surface area contributed by atoms with Crippen molar-refractivity contribution >= 4 is 47.8 Å². The van der Waals surface area contributed by atoms with Crippen molar-refractivity contribution in [3.63, 3.8) is 0 Å². The normalized spacial score (nSPS) is 19.9. The van der Waals surface area contributed by atoms with E-state index in [1.54, 1.807) is 7.11 Å². The minimum Gasteiger partial charge on any atom is -0.494 e. The average molecular weight is 458 g/mol. The van der Waals surface area contributed by atoms with Crippen LogP contribution in [0, 0.1) is 0 Å². The molecule has 0 spiro atoms. The summed E-state index contributed by atoms with van der Waals surface area (Å²) in [5.74, 6) is 0.837. The summed E-state index contributed by atoms with van der Waals surface area (Å²) in [4.78, 5) is 2.32. The molecule has 106 valence electrons. The van der Waals surface area contributed by atoms with Crippen LogP contribution in [0.3, 0.4) is 0 Å². The van der Waals surface area contributed by atoms with E-state index in [-0.39, 0.29) is 0 Å². The maximum atomic E-state index is 5.55. The molecule has 1 aliphatic rings. The summed E-state index contributed by atoms with van der Waals surface area (Å²) in [5.41, 5.74) is 1.22. The number of halogens is 3. The quantitative estimate of drug-likeness (QED) is 0.676. The Balaban J connectivity index is 2.11. The SMILES string of the molecule is COc1c(Br)cc(Br)c(CCN2CO[C@@H](C)C2)c1Br. The number of benzene rings is 1. The largest absolute Gasteiger partial charge is 0.494 e. The molecule has 0 unspecified atom stereocenters. The first-order chi connectivity index (χ1) is 9.02. The minimum atomic E-state index is 0.339. The molecule has 0 aromatic heterocycles. The standard InChI is InChI=1S/C13H16Br3NO2/c1-8-6-17(7-19-8)4-3-9-10(14)5-11(15)13(18-2)12(9)16/h5,8H,3-4,6-7H2,1-2H3/t8-/m0/s1. The summed E-state index contributed by atoms with van der Waals surface area (Å²) in [6, 6.07) is 2.03. The maximum Gasteiger partial charge on any atom is 0.147 e. The topological polar surface area (TPSA) is 21.7 Å². The van der Waals surface area contributed by atoms with E-state index >= 15 is 0 Å². The van der Waals surface area contributed by atoms with Crippen LogP contribution in [0.4, 0.5) is 0 Å². The second-order valence-electron chi connectivity index (χ2n) is 4.60. The molecule has 0 aliphatic carbocycles. The lowest BCUT2D eigenvalue weighted by Gasteiger charge is -2.17. The first-order valence-corrected chi connectivity index (χ1v) is 8.45. The van der Waals surface area contributed by atoms with Gasteiger partial charge in [0, 0.05) is 17.6 Å². The van der Waals surface area contributed by atoms with E-state index in [1.165, 1.54) is 5.56 Å². The maximum absolute atomic E-state index is 5.55. The molecule has 0 bridgehead atoms. The number of rotatable bonds is 4. The molecule has 19 heavy (non-hydrogen) atoms. The lowest BCUT2D eigenvalue weighted by molar-refractivity contribution is 0.0994. The number of hydrogen-bond donors (Lipinski definition) is 0. The van der Waals surface area contributed by atoms with Crippen LogP contribution in [0.5, 0.6) is 5.75 Å². The molecule has 0 saturated carbocycles. The van der Waals surface area contributed by atoms with E-state index in [0.717, 1.165) is 45.4 Å². The second-order valence-corrected chi connectivity index (χ2v) is 7.10. The van der Waals surface area contributed by atoms with E-state index in [1.807, 2.05) is 6.07 Å². The van der Waals surface area contributed by atoms with Crippen LogP contribution in [0.2, 0.25) is 0 Å². The zero-order valence-corrected chi connectivity index (χ0v) is 15.6. The van der Waals surface area contributed by atoms with E-state index < -0.39 is 0 Å². The summed E-state index contributed by atoms with van der Waals surface area (Å²) < 4.78 is 14.0. The van der Waals surface area contributed by atoms with Gasteiger partial charge in [0.1, 0.15) is 5.75 Å². The van der Waals surface area contributed by atoms with Crippen molar-refractivity contribution in [2.45, 2.75) is 19.4 Å². The Hall–Kier alpha value is 0.380. The lowest BCUT2D eigenvalue weighted by Crippen LogP contribution is -2.24. The average Bonchev–Trinajstić information content (AvgIpc) is 2.75. The summed E-state index contributed by atoms with van der Waals surface area (Å²) in [6.45, 7) is 4.81. The predicted molar refractivity (Wildman–Crippen MR) is 86.8 cm³/mol. The Bertz CT molecular complexity index is 468. The first kappa shape index (κ1) is 15.8. The molecule has 1 fully saturated rings. The van der Waals surface area contributed by atoms with Crippen molar-refractivity contribution in [2.24, 2.45) is 0 Å². The van der Waals surface area contributed by atoms with Crippen molar-refractivity contribution < 1.29 is 9.47 Å². The lowest BCUT2D eigenvalue weighted by atomic mass is 10.1. The molecule has 0 amide bonds. The monoisotopic (exact) mass is 455 g/mol. The summed E-state index contributed by atoms with van der Waals surface area (Å²) in [6.07, 6.45) is 1.28. The van der Waals surface area contributed by atoms with Gasteiger partial charge in [0.15, 0.2) is 0 Å². The van der Waals surface area contributed by atoms with Crippen molar-refractivity contribution in [3.8, 4) is 5.75 Å². The molecule has 6 heteroatoms. The minimum absolute atomic E-state index is 0.339. The highest BCUT2D eigenvalue weighted by atomic mass is 79.9. The molecule has 2 rings (SSSR count). The molecule has 1 saturated heterocycles. The van der Waals surface area contributed by atoms with Gasteiger partial charge < -0.3 is 9.47 Å². The van der Waals surface area contributed by atoms with Gasteiger partial charge in [-0.1, -0.05) is 15.9 Å². The molecule has 1 aliphatic heterocycles. The summed E-state index contributed by atoms with van der Waals surface area (Å²) >= 11 is 10.7. The Labute approximate surface area is 139 Å². The molecule has 1 heterocycles. The smallest absolute Gasteiger partial charge is 0.147 e. The van der Waals surface area contributed by atoms with Gasteiger partial charge in [-0.25, -0.2) is 0 Å². The van der Waals surface area contributed by atoms with Crippen molar-refractivity contribution in [1.82, 2.24) is 4.90 Å². The Morgan fingerprint density at radius 2 is 2.11 bits per heavy atom. The van der Waals surface area contributed by atoms with Crippen LogP contribution in [0.1, 0.15) is 12.5 Å². The third-order valence-corrected chi connectivity index (χ3v) is 5.30. The van der Waals surface area contributed by atoms with Crippen molar-refractivity contribution in [2.75, 3.05) is 26.9 Å². The zero-order chi connectivity index (χ0) is 14.0. The van der Waals surface area contributed by atoms with Crippen LogP contribution < -0.4 is 4.74 Å². The van der Waals surface area contributed by atoms with Gasteiger partial charge in [-0.15, -0.1) is 0 Å². The van der Waals surface area contributed by atoms with E-state index in [0.29, 0.717) is 6.10 Å². The van der Waals surface area contributed by atoms with Crippen LogP contribution in [-0.2, 0) is 11.2 Å².